The van der Waals surface area contributed by atoms with E-state index in [0.29, 0.717) is 3.57 Å². The van der Waals surface area contributed by atoms with Crippen molar-refractivity contribution in [3.05, 3.63) is 27.6 Å². The monoisotopic (exact) mass is 411 g/mol. The number of anilines is 1. The number of hydrogen-bond acceptors (Lipinski definition) is 2. The summed E-state index contributed by atoms with van der Waals surface area (Å²) in [7, 11) is -3.87. The molecular weight excluding hydrogens is 401 g/mol. The first kappa shape index (κ1) is 16.5. The minimum Gasteiger partial charge on any atom is -0.282 e. The van der Waals surface area contributed by atoms with Crippen molar-refractivity contribution < 1.29 is 26.0 Å². The van der Waals surface area contributed by atoms with Gasteiger partial charge in [-0.05, 0) is 47.2 Å². The number of nitrogens with one attached hydrogen (secondary N) is 1. The van der Waals surface area contributed by atoms with Crippen LogP contribution in [0, 0.1) is 9.39 Å². The van der Waals surface area contributed by atoms with Gasteiger partial charge < -0.3 is 0 Å². The second-order valence-electron chi connectivity index (χ2n) is 3.76. The fraction of sp³-hybridized carbons (Fsp3) is 0.400. The molecule has 1 N–H and O–H groups in total. The Balaban J connectivity index is 2.64. The Bertz CT molecular complexity index is 545. The number of hydrogen-bond donors (Lipinski definition) is 1. The van der Waals surface area contributed by atoms with Gasteiger partial charge in [0, 0.05) is 9.99 Å². The third-order valence-corrected chi connectivity index (χ3v) is 4.32. The van der Waals surface area contributed by atoms with Crippen LogP contribution in [0.3, 0.4) is 0 Å². The number of sulfonamides is 1. The van der Waals surface area contributed by atoms with Crippen LogP contribution in [-0.2, 0) is 10.0 Å². The Labute approximate surface area is 121 Å². The van der Waals surface area contributed by atoms with E-state index in [1.165, 1.54) is 6.07 Å². The maximum Gasteiger partial charge on any atom is 0.389 e. The molecule has 0 amide bonds. The fourth-order valence-corrected chi connectivity index (χ4v) is 3.19. The molecule has 0 spiro atoms. The highest BCUT2D eigenvalue weighted by molar-refractivity contribution is 14.1. The first-order valence-corrected chi connectivity index (χ1v) is 7.84. The van der Waals surface area contributed by atoms with Crippen LogP contribution in [0.5, 0.6) is 0 Å². The predicted molar refractivity (Wildman–Crippen MR) is 71.8 cm³/mol. The standard InChI is InChI=1S/C10H10F4INO2S/c11-7-2-3-9(8(15)6-7)16-19(17,18)5-1-4-10(12,13)14/h2-3,6,16H,1,4-5H2. The van der Waals surface area contributed by atoms with Gasteiger partial charge in [-0.2, -0.15) is 13.2 Å². The Morgan fingerprint density at radius 2 is 1.89 bits per heavy atom. The van der Waals surface area contributed by atoms with E-state index in [4.69, 9.17) is 0 Å². The van der Waals surface area contributed by atoms with Gasteiger partial charge in [-0.3, -0.25) is 4.72 Å². The normalized spacial score (nSPS) is 12.5. The first-order valence-electron chi connectivity index (χ1n) is 5.11. The second-order valence-corrected chi connectivity index (χ2v) is 6.77. The zero-order valence-electron chi connectivity index (χ0n) is 9.47. The summed E-state index contributed by atoms with van der Waals surface area (Å²) in [5, 5.41) is 0. The van der Waals surface area contributed by atoms with Crippen molar-refractivity contribution in [2.24, 2.45) is 0 Å². The molecule has 1 aromatic rings. The van der Waals surface area contributed by atoms with Crippen molar-refractivity contribution in [3.8, 4) is 0 Å². The smallest absolute Gasteiger partial charge is 0.282 e. The Hall–Kier alpha value is -0.580. The highest BCUT2D eigenvalue weighted by atomic mass is 127. The van der Waals surface area contributed by atoms with Crippen LogP contribution < -0.4 is 4.72 Å². The fourth-order valence-electron chi connectivity index (χ4n) is 1.25. The largest absolute Gasteiger partial charge is 0.389 e. The molecule has 0 aromatic heterocycles. The quantitative estimate of drug-likeness (QED) is 0.596. The van der Waals surface area contributed by atoms with Gasteiger partial charge in [0.15, 0.2) is 0 Å². The van der Waals surface area contributed by atoms with Crippen LogP contribution in [0.25, 0.3) is 0 Å². The SMILES string of the molecule is O=S(=O)(CCCC(F)(F)F)Nc1ccc(F)cc1I. The highest BCUT2D eigenvalue weighted by Crippen LogP contribution is 2.23. The molecule has 3 nitrogen and oxygen atoms in total. The van der Waals surface area contributed by atoms with E-state index in [0.717, 1.165) is 12.1 Å². The molecule has 1 rings (SSSR count). The highest BCUT2D eigenvalue weighted by Gasteiger charge is 2.27. The van der Waals surface area contributed by atoms with Gasteiger partial charge in [0.25, 0.3) is 0 Å². The Kier molecular flexibility index (Phi) is 5.42. The number of benzene rings is 1. The van der Waals surface area contributed by atoms with Crippen LogP contribution in [0.4, 0.5) is 23.2 Å². The van der Waals surface area contributed by atoms with Crippen molar-refractivity contribution in [2.75, 3.05) is 10.5 Å². The first-order chi connectivity index (χ1) is 8.59. The summed E-state index contributed by atoms with van der Waals surface area (Å²) in [6.07, 6.45) is -6.05. The zero-order chi connectivity index (χ0) is 14.7. The van der Waals surface area contributed by atoms with Crippen LogP contribution in [-0.4, -0.2) is 20.3 Å². The van der Waals surface area contributed by atoms with Gasteiger partial charge in [0.1, 0.15) is 5.82 Å². The van der Waals surface area contributed by atoms with E-state index in [9.17, 15) is 26.0 Å². The lowest BCUT2D eigenvalue weighted by Gasteiger charge is -2.10. The van der Waals surface area contributed by atoms with E-state index in [1.54, 1.807) is 22.6 Å². The molecule has 0 unspecified atom stereocenters. The van der Waals surface area contributed by atoms with Crippen molar-refractivity contribution in [1.29, 1.82) is 0 Å². The molecule has 0 aliphatic carbocycles. The lowest BCUT2D eigenvalue weighted by molar-refractivity contribution is -0.134. The molecule has 0 aliphatic heterocycles. The predicted octanol–water partition coefficient (Wildman–Crippen LogP) is 3.51. The summed E-state index contributed by atoms with van der Waals surface area (Å²) in [5.41, 5.74) is 0.147. The van der Waals surface area contributed by atoms with E-state index in [1.807, 2.05) is 0 Å². The molecule has 0 radical (unpaired) electrons. The number of halogens is 5. The topological polar surface area (TPSA) is 46.2 Å². The Morgan fingerprint density at radius 3 is 2.42 bits per heavy atom. The number of alkyl halides is 3. The van der Waals surface area contributed by atoms with Crippen LogP contribution in [0.1, 0.15) is 12.8 Å². The molecule has 0 saturated heterocycles. The third kappa shape index (κ3) is 6.41. The van der Waals surface area contributed by atoms with E-state index < -0.39 is 40.6 Å². The lowest BCUT2D eigenvalue weighted by atomic mass is 10.3. The molecule has 9 heteroatoms. The van der Waals surface area contributed by atoms with E-state index in [-0.39, 0.29) is 5.69 Å². The van der Waals surface area contributed by atoms with E-state index in [2.05, 4.69) is 4.72 Å². The maximum absolute atomic E-state index is 12.8. The summed E-state index contributed by atoms with van der Waals surface area (Å²) in [6, 6.07) is 3.41. The van der Waals surface area contributed by atoms with Crippen molar-refractivity contribution in [2.45, 2.75) is 19.0 Å². The summed E-state index contributed by atoms with van der Waals surface area (Å²) in [6.45, 7) is 0. The molecule has 0 bridgehead atoms. The summed E-state index contributed by atoms with van der Waals surface area (Å²) in [5.74, 6) is -1.16. The van der Waals surface area contributed by atoms with Crippen LogP contribution >= 0.6 is 22.6 Å². The average Bonchev–Trinajstić information content (AvgIpc) is 2.20. The lowest BCUT2D eigenvalue weighted by Crippen LogP contribution is -2.19. The zero-order valence-corrected chi connectivity index (χ0v) is 12.4. The molecule has 1 aromatic carbocycles. The van der Waals surface area contributed by atoms with Crippen molar-refractivity contribution in [3.63, 3.8) is 0 Å². The second kappa shape index (κ2) is 6.25. The van der Waals surface area contributed by atoms with E-state index >= 15 is 0 Å². The van der Waals surface area contributed by atoms with Gasteiger partial charge in [-0.1, -0.05) is 0 Å². The molecule has 0 atom stereocenters. The summed E-state index contributed by atoms with van der Waals surface area (Å²) in [4.78, 5) is 0. The molecular formula is C10H10F4INO2S. The molecule has 0 heterocycles. The van der Waals surface area contributed by atoms with Gasteiger partial charge in [-0.25, -0.2) is 12.8 Å². The third-order valence-electron chi connectivity index (χ3n) is 2.07. The maximum atomic E-state index is 12.8. The van der Waals surface area contributed by atoms with Gasteiger partial charge >= 0.3 is 6.18 Å². The summed E-state index contributed by atoms with van der Waals surface area (Å²) < 4.78 is 74.1. The summed E-state index contributed by atoms with van der Waals surface area (Å²) >= 11 is 1.73. The molecule has 0 aliphatic rings. The molecule has 0 saturated carbocycles. The Morgan fingerprint density at radius 1 is 1.26 bits per heavy atom. The minimum atomic E-state index is -4.38. The van der Waals surface area contributed by atoms with Gasteiger partial charge in [-0.15, -0.1) is 0 Å². The average molecular weight is 411 g/mol. The number of rotatable bonds is 5. The molecule has 0 fully saturated rings. The minimum absolute atomic E-state index is 0.147. The van der Waals surface area contributed by atoms with Crippen LogP contribution in [0.2, 0.25) is 0 Å². The van der Waals surface area contributed by atoms with Crippen LogP contribution in [0.15, 0.2) is 18.2 Å². The molecule has 108 valence electrons. The van der Waals surface area contributed by atoms with Gasteiger partial charge in [0.2, 0.25) is 10.0 Å². The van der Waals surface area contributed by atoms with Crippen molar-refractivity contribution >= 4 is 38.3 Å². The van der Waals surface area contributed by atoms with Crippen molar-refractivity contribution in [1.82, 2.24) is 0 Å². The van der Waals surface area contributed by atoms with Gasteiger partial charge in [0.05, 0.1) is 11.4 Å². The molecule has 19 heavy (non-hydrogen) atoms.